The number of Topliss-reactive ketones (excluding diaryl/α,β-unsaturated/α-hetero) is 1. The summed E-state index contributed by atoms with van der Waals surface area (Å²) < 4.78 is 0. The van der Waals surface area contributed by atoms with E-state index in [1.807, 2.05) is 17.0 Å². The van der Waals surface area contributed by atoms with Gasteiger partial charge in [0.25, 0.3) is 5.91 Å². The Morgan fingerprint density at radius 2 is 1.85 bits per heavy atom. The van der Waals surface area contributed by atoms with Crippen LogP contribution < -0.4 is 0 Å². The van der Waals surface area contributed by atoms with Gasteiger partial charge in [0.1, 0.15) is 0 Å². The lowest BCUT2D eigenvalue weighted by Crippen LogP contribution is -2.45. The molecule has 1 aliphatic heterocycles. The van der Waals surface area contributed by atoms with Crippen LogP contribution in [0.2, 0.25) is 10.0 Å². The number of carbonyl (C=O) groups excluding carboxylic acids is 2. The van der Waals surface area contributed by atoms with Crippen LogP contribution in [0.25, 0.3) is 10.6 Å². The molecule has 0 bridgehead atoms. The van der Waals surface area contributed by atoms with E-state index in [4.69, 9.17) is 23.2 Å². The first-order valence-corrected chi connectivity index (χ1v) is 12.3. The van der Waals surface area contributed by atoms with Crippen molar-refractivity contribution in [3.8, 4) is 10.6 Å². The van der Waals surface area contributed by atoms with E-state index in [2.05, 4.69) is 21.9 Å². The Hall–Kier alpha value is -2.32. The second-order valence-corrected chi connectivity index (χ2v) is 10.1. The molecule has 2 aromatic heterocycles. The van der Waals surface area contributed by atoms with Gasteiger partial charge in [-0.25, -0.2) is 0 Å². The zero-order valence-corrected chi connectivity index (χ0v) is 20.8. The quantitative estimate of drug-likeness (QED) is 0.419. The number of hydrogen-bond donors (Lipinski definition) is 0. The minimum Gasteiger partial charge on any atom is -0.339 e. The van der Waals surface area contributed by atoms with E-state index in [9.17, 15) is 9.59 Å². The Labute approximate surface area is 207 Å². The largest absolute Gasteiger partial charge is 0.339 e. The van der Waals surface area contributed by atoms with E-state index in [1.165, 1.54) is 11.3 Å². The van der Waals surface area contributed by atoms with Crippen molar-refractivity contribution in [3.05, 3.63) is 68.9 Å². The second kappa shape index (κ2) is 10.3. The van der Waals surface area contributed by atoms with Crippen LogP contribution in [0.5, 0.6) is 0 Å². The molecule has 9 heteroatoms. The minimum absolute atomic E-state index is 0.0161. The molecule has 0 saturated carbocycles. The standard InChI is InChI=1S/C24H24Cl2N4O2S/c1-15(31)22-5-6-23(33-22)21-13-27-17(12-28-21)14-29(2)18-7-9-30(10-8-18)24(32)16-3-4-19(25)20(26)11-16/h3-6,11-13,18H,7-10,14H2,1-2H3. The number of benzene rings is 1. The van der Waals surface area contributed by atoms with Gasteiger partial charge < -0.3 is 4.90 Å². The first kappa shape index (κ1) is 23.8. The Morgan fingerprint density at radius 3 is 2.45 bits per heavy atom. The molecular weight excluding hydrogens is 479 g/mol. The normalized spacial score (nSPS) is 14.6. The van der Waals surface area contributed by atoms with Crippen molar-refractivity contribution < 1.29 is 9.59 Å². The van der Waals surface area contributed by atoms with E-state index in [-0.39, 0.29) is 11.7 Å². The van der Waals surface area contributed by atoms with E-state index in [0.717, 1.165) is 34.0 Å². The molecule has 3 aromatic rings. The summed E-state index contributed by atoms with van der Waals surface area (Å²) >= 11 is 13.5. The first-order chi connectivity index (χ1) is 15.8. The summed E-state index contributed by atoms with van der Waals surface area (Å²) in [6, 6.07) is 9.09. The maximum Gasteiger partial charge on any atom is 0.253 e. The van der Waals surface area contributed by atoms with Gasteiger partial charge in [0.15, 0.2) is 5.78 Å². The predicted molar refractivity (Wildman–Crippen MR) is 132 cm³/mol. The van der Waals surface area contributed by atoms with Crippen molar-refractivity contribution >= 4 is 46.2 Å². The van der Waals surface area contributed by atoms with Gasteiger partial charge in [-0.05, 0) is 57.1 Å². The molecular formula is C24H24Cl2N4O2S. The van der Waals surface area contributed by atoms with Crippen molar-refractivity contribution in [1.82, 2.24) is 19.8 Å². The summed E-state index contributed by atoms with van der Waals surface area (Å²) in [7, 11) is 2.08. The van der Waals surface area contributed by atoms with Gasteiger partial charge in [-0.1, -0.05) is 23.2 Å². The molecule has 0 spiro atoms. The molecule has 1 saturated heterocycles. The number of likely N-dealkylation sites (tertiary alicyclic amines) is 1. The molecule has 6 nitrogen and oxygen atoms in total. The van der Waals surface area contributed by atoms with Gasteiger partial charge in [0.05, 0.1) is 43.6 Å². The third kappa shape index (κ3) is 5.61. The van der Waals surface area contributed by atoms with Crippen molar-refractivity contribution in [3.63, 3.8) is 0 Å². The highest BCUT2D eigenvalue weighted by Crippen LogP contribution is 2.27. The number of hydrogen-bond acceptors (Lipinski definition) is 6. The van der Waals surface area contributed by atoms with E-state index in [1.54, 1.807) is 37.5 Å². The van der Waals surface area contributed by atoms with Crippen LogP contribution in [-0.4, -0.2) is 57.6 Å². The van der Waals surface area contributed by atoms with Gasteiger partial charge in [0, 0.05) is 31.2 Å². The van der Waals surface area contributed by atoms with Gasteiger partial charge in [-0.3, -0.25) is 24.5 Å². The zero-order valence-electron chi connectivity index (χ0n) is 18.4. The number of nitrogens with zero attached hydrogens (tertiary/aromatic N) is 4. The summed E-state index contributed by atoms with van der Waals surface area (Å²) in [4.78, 5) is 39.2. The maximum atomic E-state index is 12.8. The molecule has 1 aromatic carbocycles. The third-order valence-electron chi connectivity index (χ3n) is 5.86. The van der Waals surface area contributed by atoms with Gasteiger partial charge in [0.2, 0.25) is 0 Å². The molecule has 1 aliphatic rings. The second-order valence-electron chi connectivity index (χ2n) is 8.18. The Balaban J connectivity index is 1.31. The van der Waals surface area contributed by atoms with Crippen LogP contribution in [0.1, 0.15) is 45.5 Å². The number of piperidine rings is 1. The average molecular weight is 503 g/mol. The van der Waals surface area contributed by atoms with Crippen molar-refractivity contribution in [2.75, 3.05) is 20.1 Å². The number of carbonyl (C=O) groups is 2. The van der Waals surface area contributed by atoms with Crippen LogP contribution in [0.3, 0.4) is 0 Å². The first-order valence-electron chi connectivity index (χ1n) is 10.7. The van der Waals surface area contributed by atoms with Crippen LogP contribution in [0, 0.1) is 0 Å². The van der Waals surface area contributed by atoms with Gasteiger partial charge >= 0.3 is 0 Å². The Kier molecular flexibility index (Phi) is 7.44. The number of thiophene rings is 1. The number of ketones is 1. The molecule has 1 fully saturated rings. The minimum atomic E-state index is -0.0161. The summed E-state index contributed by atoms with van der Waals surface area (Å²) in [5.74, 6) is 0.0415. The van der Waals surface area contributed by atoms with Gasteiger partial charge in [-0.2, -0.15) is 0 Å². The van der Waals surface area contributed by atoms with Crippen LogP contribution >= 0.6 is 34.5 Å². The molecule has 0 radical (unpaired) electrons. The molecule has 0 aliphatic carbocycles. The molecule has 4 rings (SSSR count). The fourth-order valence-electron chi connectivity index (χ4n) is 3.93. The number of amides is 1. The molecule has 0 atom stereocenters. The monoisotopic (exact) mass is 502 g/mol. The van der Waals surface area contributed by atoms with Crippen molar-refractivity contribution in [1.29, 1.82) is 0 Å². The molecule has 172 valence electrons. The fraction of sp³-hybridized carbons (Fsp3) is 0.333. The number of aromatic nitrogens is 2. The highest BCUT2D eigenvalue weighted by atomic mass is 35.5. The van der Waals surface area contributed by atoms with Gasteiger partial charge in [-0.15, -0.1) is 11.3 Å². The topological polar surface area (TPSA) is 66.4 Å². The van der Waals surface area contributed by atoms with Crippen LogP contribution in [-0.2, 0) is 6.54 Å². The highest BCUT2D eigenvalue weighted by Gasteiger charge is 2.26. The average Bonchev–Trinajstić information content (AvgIpc) is 3.32. The summed E-state index contributed by atoms with van der Waals surface area (Å²) in [5, 5.41) is 0.837. The van der Waals surface area contributed by atoms with Crippen LogP contribution in [0.4, 0.5) is 0 Å². The molecule has 0 N–H and O–H groups in total. The third-order valence-corrected chi connectivity index (χ3v) is 7.81. The smallest absolute Gasteiger partial charge is 0.253 e. The molecule has 1 amide bonds. The predicted octanol–water partition coefficient (Wildman–Crippen LogP) is 5.45. The van der Waals surface area contributed by atoms with E-state index < -0.39 is 0 Å². The lowest BCUT2D eigenvalue weighted by molar-refractivity contribution is 0.0638. The number of rotatable bonds is 6. The SMILES string of the molecule is CC(=O)c1ccc(-c2cnc(CN(C)C3CCN(C(=O)c4ccc(Cl)c(Cl)c4)CC3)cn2)s1. The van der Waals surface area contributed by atoms with Crippen LogP contribution in [0.15, 0.2) is 42.7 Å². The highest BCUT2D eigenvalue weighted by molar-refractivity contribution is 7.17. The van der Waals surface area contributed by atoms with E-state index in [0.29, 0.717) is 41.3 Å². The summed E-state index contributed by atoms with van der Waals surface area (Å²) in [5.41, 5.74) is 2.22. The summed E-state index contributed by atoms with van der Waals surface area (Å²) in [6.45, 7) is 3.63. The molecule has 0 unspecified atom stereocenters. The molecule has 33 heavy (non-hydrogen) atoms. The lowest BCUT2D eigenvalue weighted by Gasteiger charge is -2.36. The van der Waals surface area contributed by atoms with Crippen molar-refractivity contribution in [2.24, 2.45) is 0 Å². The molecule has 3 heterocycles. The Bertz CT molecular complexity index is 1160. The zero-order chi connectivity index (χ0) is 23.5. The van der Waals surface area contributed by atoms with E-state index >= 15 is 0 Å². The summed E-state index contributed by atoms with van der Waals surface area (Å²) in [6.07, 6.45) is 5.33. The van der Waals surface area contributed by atoms with Crippen molar-refractivity contribution in [2.45, 2.75) is 32.4 Å². The Morgan fingerprint density at radius 1 is 1.09 bits per heavy atom. The fourth-order valence-corrected chi connectivity index (χ4v) is 5.10. The lowest BCUT2D eigenvalue weighted by atomic mass is 10.0. The number of halogens is 2. The maximum absolute atomic E-state index is 12.8.